The van der Waals surface area contributed by atoms with E-state index in [4.69, 9.17) is 11.6 Å². The number of hydrogen-bond acceptors (Lipinski definition) is 1. The molecule has 0 N–H and O–H groups in total. The molecule has 0 spiro atoms. The van der Waals surface area contributed by atoms with Gasteiger partial charge in [-0.15, -0.1) is 11.6 Å². The van der Waals surface area contributed by atoms with Crippen LogP contribution in [0.2, 0.25) is 0 Å². The highest BCUT2D eigenvalue weighted by atomic mass is 35.5. The fourth-order valence-electron chi connectivity index (χ4n) is 1.82. The fraction of sp³-hybridized carbons (Fsp3) is 0.900. The van der Waals surface area contributed by atoms with Crippen LogP contribution < -0.4 is 0 Å². The first-order valence-corrected chi connectivity index (χ1v) is 5.37. The number of carbonyl (C=O) groups is 1. The van der Waals surface area contributed by atoms with Gasteiger partial charge >= 0.3 is 0 Å². The third-order valence-electron chi connectivity index (χ3n) is 2.63. The van der Waals surface area contributed by atoms with Gasteiger partial charge in [0.2, 0.25) is 0 Å². The van der Waals surface area contributed by atoms with Gasteiger partial charge in [-0.3, -0.25) is 4.79 Å². The second-order valence-corrected chi connectivity index (χ2v) is 4.17. The van der Waals surface area contributed by atoms with Crippen molar-refractivity contribution in [3.8, 4) is 0 Å². The third-order valence-corrected chi connectivity index (χ3v) is 3.06. The van der Waals surface area contributed by atoms with Crippen LogP contribution in [0, 0.1) is 5.92 Å². The van der Waals surface area contributed by atoms with Gasteiger partial charge in [0.1, 0.15) is 0 Å². The number of hydrogen-bond donors (Lipinski definition) is 0. The molecule has 0 bridgehead atoms. The lowest BCUT2D eigenvalue weighted by Gasteiger charge is -2.23. The summed E-state index contributed by atoms with van der Waals surface area (Å²) in [5.74, 6) is 0.581. The first-order valence-electron chi connectivity index (χ1n) is 4.93. The number of rotatable bonds is 3. The summed E-state index contributed by atoms with van der Waals surface area (Å²) in [5.41, 5.74) is 0. The predicted molar refractivity (Wildman–Crippen MR) is 51.5 cm³/mol. The lowest BCUT2D eigenvalue weighted by Crippen LogP contribution is -2.28. The summed E-state index contributed by atoms with van der Waals surface area (Å²) in [7, 11) is 0. The maximum atomic E-state index is 11.5. The van der Waals surface area contributed by atoms with Crippen molar-refractivity contribution in [2.24, 2.45) is 5.92 Å². The van der Waals surface area contributed by atoms with Crippen LogP contribution in [0.3, 0.4) is 0 Å². The van der Waals surface area contributed by atoms with E-state index in [9.17, 15) is 4.79 Å². The van der Waals surface area contributed by atoms with Crippen LogP contribution in [0.5, 0.6) is 0 Å². The molecule has 1 aliphatic carbocycles. The zero-order valence-electron chi connectivity index (χ0n) is 7.68. The van der Waals surface area contributed by atoms with Crippen molar-refractivity contribution in [2.45, 2.75) is 50.8 Å². The lowest BCUT2D eigenvalue weighted by molar-refractivity contribution is -0.124. The molecule has 0 radical (unpaired) electrons. The highest BCUT2D eigenvalue weighted by Gasteiger charge is 2.28. The van der Waals surface area contributed by atoms with Crippen molar-refractivity contribution in [1.29, 1.82) is 0 Å². The van der Waals surface area contributed by atoms with Crippen molar-refractivity contribution in [3.63, 3.8) is 0 Å². The molecule has 1 fully saturated rings. The van der Waals surface area contributed by atoms with Crippen molar-refractivity contribution in [3.05, 3.63) is 0 Å². The van der Waals surface area contributed by atoms with Gasteiger partial charge in [0.15, 0.2) is 5.78 Å². The fourth-order valence-corrected chi connectivity index (χ4v) is 2.15. The van der Waals surface area contributed by atoms with Crippen LogP contribution in [-0.2, 0) is 4.79 Å². The lowest BCUT2D eigenvalue weighted by atomic mass is 9.84. The van der Waals surface area contributed by atoms with Crippen molar-refractivity contribution in [1.82, 2.24) is 0 Å². The summed E-state index contributed by atoms with van der Waals surface area (Å²) in [6.45, 7) is 2.16. The second kappa shape index (κ2) is 4.86. The third kappa shape index (κ3) is 2.48. The van der Waals surface area contributed by atoms with Crippen molar-refractivity contribution < 1.29 is 4.79 Å². The molecule has 0 aromatic rings. The molecular weight excluding hydrogens is 172 g/mol. The Kier molecular flexibility index (Phi) is 4.07. The van der Waals surface area contributed by atoms with Crippen LogP contribution >= 0.6 is 11.6 Å². The Morgan fingerprint density at radius 1 is 1.50 bits per heavy atom. The zero-order chi connectivity index (χ0) is 8.97. The average Bonchev–Trinajstić information content (AvgIpc) is 2.08. The van der Waals surface area contributed by atoms with Crippen LogP contribution in [-0.4, -0.2) is 11.2 Å². The molecule has 2 unspecified atom stereocenters. The average molecular weight is 189 g/mol. The number of Topliss-reactive ketones (excluding diaryl/α,β-unsaturated/α-hetero) is 1. The highest BCUT2D eigenvalue weighted by molar-refractivity contribution is 6.31. The minimum Gasteiger partial charge on any atom is -0.298 e. The van der Waals surface area contributed by atoms with Crippen LogP contribution in [0.4, 0.5) is 0 Å². The minimum atomic E-state index is -0.180. The van der Waals surface area contributed by atoms with Gasteiger partial charge in [0, 0.05) is 5.92 Å². The summed E-state index contributed by atoms with van der Waals surface area (Å²) >= 11 is 5.89. The molecule has 0 saturated heterocycles. The van der Waals surface area contributed by atoms with E-state index in [1.807, 2.05) is 0 Å². The Bertz CT molecular complexity index is 156. The normalized spacial score (nSPS) is 30.7. The van der Waals surface area contributed by atoms with E-state index in [0.29, 0.717) is 5.78 Å². The van der Waals surface area contributed by atoms with Gasteiger partial charge in [-0.25, -0.2) is 0 Å². The molecule has 0 aromatic heterocycles. The van der Waals surface area contributed by atoms with E-state index < -0.39 is 0 Å². The summed E-state index contributed by atoms with van der Waals surface area (Å²) in [6, 6.07) is 0. The van der Waals surface area contributed by atoms with E-state index >= 15 is 0 Å². The Morgan fingerprint density at radius 3 is 2.92 bits per heavy atom. The molecule has 12 heavy (non-hydrogen) atoms. The molecule has 1 rings (SSSR count). The second-order valence-electron chi connectivity index (χ2n) is 3.64. The van der Waals surface area contributed by atoms with Gasteiger partial charge in [-0.1, -0.05) is 26.2 Å². The standard InChI is InChI=1S/C10H17ClO/c1-2-3-5-8-6-4-7-9(11)10(8)12/h8-9H,2-7H2,1H3. The molecular formula is C10H17ClO. The van der Waals surface area contributed by atoms with Gasteiger partial charge in [0.05, 0.1) is 5.38 Å². The number of alkyl halides is 1. The predicted octanol–water partition coefficient (Wildman–Crippen LogP) is 3.15. The highest BCUT2D eigenvalue weighted by Crippen LogP contribution is 2.28. The topological polar surface area (TPSA) is 17.1 Å². The van der Waals surface area contributed by atoms with E-state index in [0.717, 1.165) is 25.7 Å². The number of unbranched alkanes of at least 4 members (excludes halogenated alkanes) is 1. The molecule has 2 atom stereocenters. The quantitative estimate of drug-likeness (QED) is 0.622. The number of ketones is 1. The summed E-state index contributed by atoms with van der Waals surface area (Å²) in [4.78, 5) is 11.5. The number of carbonyl (C=O) groups excluding carboxylic acids is 1. The maximum absolute atomic E-state index is 11.5. The van der Waals surface area contributed by atoms with Crippen LogP contribution in [0.1, 0.15) is 45.4 Å². The Labute approximate surface area is 79.5 Å². The smallest absolute Gasteiger partial charge is 0.153 e. The minimum absolute atomic E-state index is 0.180. The van der Waals surface area contributed by atoms with Crippen molar-refractivity contribution in [2.75, 3.05) is 0 Å². The Hall–Kier alpha value is -0.0400. The van der Waals surface area contributed by atoms with E-state index in [1.54, 1.807) is 0 Å². The van der Waals surface area contributed by atoms with Gasteiger partial charge < -0.3 is 0 Å². The molecule has 1 aliphatic rings. The SMILES string of the molecule is CCCCC1CCCC(Cl)C1=O. The van der Waals surface area contributed by atoms with E-state index in [1.165, 1.54) is 12.8 Å². The molecule has 1 nitrogen and oxygen atoms in total. The summed E-state index contributed by atoms with van der Waals surface area (Å²) in [6.07, 6.45) is 6.49. The Morgan fingerprint density at radius 2 is 2.25 bits per heavy atom. The molecule has 0 aromatic carbocycles. The van der Waals surface area contributed by atoms with Crippen LogP contribution in [0.25, 0.3) is 0 Å². The Balaban J connectivity index is 2.36. The molecule has 70 valence electrons. The zero-order valence-corrected chi connectivity index (χ0v) is 8.44. The number of halogens is 1. The molecule has 0 heterocycles. The summed E-state index contributed by atoms with van der Waals surface area (Å²) in [5, 5.41) is -0.180. The van der Waals surface area contributed by atoms with Gasteiger partial charge in [0.25, 0.3) is 0 Å². The first kappa shape index (κ1) is 10.0. The van der Waals surface area contributed by atoms with Crippen LogP contribution in [0.15, 0.2) is 0 Å². The first-order chi connectivity index (χ1) is 5.75. The van der Waals surface area contributed by atoms with E-state index in [2.05, 4.69) is 6.92 Å². The maximum Gasteiger partial charge on any atom is 0.153 e. The monoisotopic (exact) mass is 188 g/mol. The summed E-state index contributed by atoms with van der Waals surface area (Å²) < 4.78 is 0. The molecule has 2 heteroatoms. The molecule has 1 saturated carbocycles. The molecule has 0 amide bonds. The van der Waals surface area contributed by atoms with Gasteiger partial charge in [-0.2, -0.15) is 0 Å². The van der Waals surface area contributed by atoms with E-state index in [-0.39, 0.29) is 11.3 Å². The van der Waals surface area contributed by atoms with Gasteiger partial charge in [-0.05, 0) is 19.3 Å². The largest absolute Gasteiger partial charge is 0.298 e. The molecule has 0 aliphatic heterocycles. The van der Waals surface area contributed by atoms with Crippen molar-refractivity contribution >= 4 is 17.4 Å².